The van der Waals surface area contributed by atoms with E-state index in [0.29, 0.717) is 11.4 Å². The van der Waals surface area contributed by atoms with Crippen LogP contribution >= 0.6 is 11.6 Å². The molecule has 1 N–H and O–H groups in total. The van der Waals surface area contributed by atoms with E-state index in [1.807, 2.05) is 44.2 Å². The summed E-state index contributed by atoms with van der Waals surface area (Å²) in [5.74, 6) is -0.899. The summed E-state index contributed by atoms with van der Waals surface area (Å²) in [6, 6.07) is 9.51. The molecule has 0 spiro atoms. The van der Waals surface area contributed by atoms with E-state index in [9.17, 15) is 13.2 Å². The largest absolute Gasteiger partial charge is 0.318 e. The molecule has 138 valence electrons. The number of nitrogens with one attached hydrogen (secondary N) is 1. The van der Waals surface area contributed by atoms with Gasteiger partial charge in [0.15, 0.2) is 9.84 Å². The number of hydrogen-bond donors (Lipinski definition) is 1. The summed E-state index contributed by atoms with van der Waals surface area (Å²) in [7, 11) is -3.09. The molecule has 1 saturated heterocycles. The number of carbonyl (C=O) groups is 1. The minimum atomic E-state index is -3.09. The molecule has 1 aliphatic heterocycles. The van der Waals surface area contributed by atoms with Gasteiger partial charge in [0.25, 0.3) is 0 Å². The number of aryl methyl sites for hydroxylation is 1. The number of halogens is 1. The van der Waals surface area contributed by atoms with E-state index in [1.54, 1.807) is 6.21 Å². The van der Waals surface area contributed by atoms with Gasteiger partial charge in [0, 0.05) is 27.7 Å². The molecule has 6 nitrogen and oxygen atoms in total. The van der Waals surface area contributed by atoms with Gasteiger partial charge in [-0.1, -0.05) is 11.6 Å². The average molecular weight is 394 g/mol. The van der Waals surface area contributed by atoms with Gasteiger partial charge in [0.1, 0.15) is 0 Å². The molecular weight excluding hydrogens is 374 g/mol. The summed E-state index contributed by atoms with van der Waals surface area (Å²) in [5, 5.41) is 4.68. The minimum absolute atomic E-state index is 0.0665. The Bertz CT molecular complexity index is 962. The Morgan fingerprint density at radius 3 is 2.62 bits per heavy atom. The predicted molar refractivity (Wildman–Crippen MR) is 103 cm³/mol. The average Bonchev–Trinajstić information content (AvgIpc) is 3.08. The monoisotopic (exact) mass is 393 g/mol. The Labute approximate surface area is 157 Å². The van der Waals surface area contributed by atoms with Crippen LogP contribution in [0.1, 0.15) is 23.4 Å². The number of rotatable bonds is 4. The van der Waals surface area contributed by atoms with Crippen molar-refractivity contribution in [1.29, 1.82) is 0 Å². The molecule has 0 aliphatic carbocycles. The van der Waals surface area contributed by atoms with Gasteiger partial charge in [-0.2, -0.15) is 5.10 Å². The van der Waals surface area contributed by atoms with E-state index in [0.717, 1.165) is 22.6 Å². The van der Waals surface area contributed by atoms with Crippen LogP contribution in [0.2, 0.25) is 5.02 Å². The van der Waals surface area contributed by atoms with Crippen molar-refractivity contribution in [3.63, 3.8) is 0 Å². The summed E-state index contributed by atoms with van der Waals surface area (Å²) in [5.41, 5.74) is 6.32. The lowest BCUT2D eigenvalue weighted by Gasteiger charge is -2.09. The maximum Gasteiger partial charge on any atom is 0.244 e. The molecule has 3 rings (SSSR count). The summed E-state index contributed by atoms with van der Waals surface area (Å²) in [6.45, 7) is 3.95. The van der Waals surface area contributed by atoms with Crippen molar-refractivity contribution >= 4 is 33.6 Å². The summed E-state index contributed by atoms with van der Waals surface area (Å²) >= 11 is 5.95. The number of sulfone groups is 1. The highest BCUT2D eigenvalue weighted by Crippen LogP contribution is 2.21. The van der Waals surface area contributed by atoms with Gasteiger partial charge in [-0.05, 0) is 50.6 Å². The van der Waals surface area contributed by atoms with Crippen LogP contribution in [0, 0.1) is 19.8 Å². The SMILES string of the molecule is Cc1cc(C=NNC(=O)C2CCS(=O)(=O)C2)c(C)n1-c1ccc(Cl)cc1. The minimum Gasteiger partial charge on any atom is -0.318 e. The second-order valence-corrected chi connectivity index (χ2v) is 9.14. The highest BCUT2D eigenvalue weighted by Gasteiger charge is 2.32. The molecule has 1 aliphatic rings. The molecule has 1 fully saturated rings. The number of aromatic nitrogens is 1. The first kappa shape index (κ1) is 18.7. The molecule has 1 atom stereocenters. The van der Waals surface area contributed by atoms with Crippen LogP contribution in [0.15, 0.2) is 35.4 Å². The molecule has 8 heteroatoms. The highest BCUT2D eigenvalue weighted by atomic mass is 35.5. The molecule has 1 unspecified atom stereocenters. The second-order valence-electron chi connectivity index (χ2n) is 6.47. The van der Waals surface area contributed by atoms with Gasteiger partial charge in [0.05, 0.1) is 23.6 Å². The lowest BCUT2D eigenvalue weighted by atomic mass is 10.1. The van der Waals surface area contributed by atoms with Crippen LogP contribution in [-0.2, 0) is 14.6 Å². The number of hydrazone groups is 1. The van der Waals surface area contributed by atoms with Crippen LogP contribution < -0.4 is 5.43 Å². The second kappa shape index (κ2) is 7.25. The Kier molecular flexibility index (Phi) is 5.20. The predicted octanol–water partition coefficient (Wildman–Crippen LogP) is 2.63. The van der Waals surface area contributed by atoms with Crippen LogP contribution in [0.25, 0.3) is 5.69 Å². The molecule has 0 radical (unpaired) electrons. The fraction of sp³-hybridized carbons (Fsp3) is 0.333. The quantitative estimate of drug-likeness (QED) is 0.640. The van der Waals surface area contributed by atoms with Crippen molar-refractivity contribution in [2.24, 2.45) is 11.0 Å². The number of nitrogens with zero attached hydrogens (tertiary/aromatic N) is 2. The Balaban J connectivity index is 1.72. The molecular formula is C18H20ClN3O3S. The molecule has 1 aromatic heterocycles. The molecule has 1 amide bonds. The maximum absolute atomic E-state index is 12.0. The van der Waals surface area contributed by atoms with Gasteiger partial charge in [-0.15, -0.1) is 0 Å². The van der Waals surface area contributed by atoms with Crippen LogP contribution in [0.3, 0.4) is 0 Å². The molecule has 0 bridgehead atoms. The maximum atomic E-state index is 12.0. The van der Waals surface area contributed by atoms with Gasteiger partial charge < -0.3 is 4.57 Å². The van der Waals surface area contributed by atoms with Gasteiger partial charge in [-0.3, -0.25) is 4.79 Å². The third-order valence-corrected chi connectivity index (χ3v) is 6.56. The fourth-order valence-electron chi connectivity index (χ4n) is 3.16. The van der Waals surface area contributed by atoms with E-state index in [2.05, 4.69) is 15.1 Å². The zero-order chi connectivity index (χ0) is 18.9. The first-order chi connectivity index (χ1) is 12.3. The van der Waals surface area contributed by atoms with E-state index in [1.165, 1.54) is 0 Å². The van der Waals surface area contributed by atoms with Crippen molar-refractivity contribution in [2.45, 2.75) is 20.3 Å². The van der Waals surface area contributed by atoms with Gasteiger partial charge in [-0.25, -0.2) is 13.8 Å². The number of hydrogen-bond acceptors (Lipinski definition) is 4. The van der Waals surface area contributed by atoms with Gasteiger partial charge in [0.2, 0.25) is 5.91 Å². The zero-order valence-corrected chi connectivity index (χ0v) is 16.1. The highest BCUT2D eigenvalue weighted by molar-refractivity contribution is 7.91. The first-order valence-electron chi connectivity index (χ1n) is 8.25. The van der Waals surface area contributed by atoms with E-state index in [-0.39, 0.29) is 17.4 Å². The van der Waals surface area contributed by atoms with Crippen molar-refractivity contribution in [1.82, 2.24) is 9.99 Å². The topological polar surface area (TPSA) is 80.5 Å². The third kappa shape index (κ3) is 3.99. The summed E-state index contributed by atoms with van der Waals surface area (Å²) in [4.78, 5) is 12.0. The van der Waals surface area contributed by atoms with Crippen molar-refractivity contribution < 1.29 is 13.2 Å². The van der Waals surface area contributed by atoms with Crippen LogP contribution in [0.4, 0.5) is 0 Å². The standard InChI is InChI=1S/C18H20ClN3O3S/c1-12-9-15(13(2)22(12)17-5-3-16(19)4-6-17)10-20-21-18(23)14-7-8-26(24,25)11-14/h3-6,9-10,14H,7-8,11H2,1-2H3,(H,21,23). The lowest BCUT2D eigenvalue weighted by molar-refractivity contribution is -0.124. The zero-order valence-electron chi connectivity index (χ0n) is 14.6. The molecule has 0 saturated carbocycles. The van der Waals surface area contributed by atoms with Crippen LogP contribution in [-0.4, -0.2) is 36.6 Å². The number of amides is 1. The lowest BCUT2D eigenvalue weighted by Crippen LogP contribution is -2.27. The van der Waals surface area contributed by atoms with Crippen molar-refractivity contribution in [2.75, 3.05) is 11.5 Å². The molecule has 2 heterocycles. The molecule has 1 aromatic carbocycles. The third-order valence-electron chi connectivity index (χ3n) is 4.54. The van der Waals surface area contributed by atoms with Crippen LogP contribution in [0.5, 0.6) is 0 Å². The Morgan fingerprint density at radius 1 is 1.31 bits per heavy atom. The van der Waals surface area contributed by atoms with E-state index >= 15 is 0 Å². The first-order valence-corrected chi connectivity index (χ1v) is 10.4. The summed E-state index contributed by atoms with van der Waals surface area (Å²) < 4.78 is 25.0. The Hall–Kier alpha value is -2.12. The number of benzene rings is 1. The Morgan fingerprint density at radius 2 is 2.00 bits per heavy atom. The normalized spacial score (nSPS) is 19.1. The van der Waals surface area contributed by atoms with Crippen molar-refractivity contribution in [3.8, 4) is 5.69 Å². The van der Waals surface area contributed by atoms with Gasteiger partial charge >= 0.3 is 0 Å². The van der Waals surface area contributed by atoms with E-state index < -0.39 is 15.8 Å². The summed E-state index contributed by atoms with van der Waals surface area (Å²) in [6.07, 6.45) is 1.94. The molecule has 2 aromatic rings. The molecule has 26 heavy (non-hydrogen) atoms. The smallest absolute Gasteiger partial charge is 0.244 e. The fourth-order valence-corrected chi connectivity index (χ4v) is 5.03. The van der Waals surface area contributed by atoms with E-state index in [4.69, 9.17) is 11.6 Å². The number of carbonyl (C=O) groups excluding carboxylic acids is 1. The van der Waals surface area contributed by atoms with Crippen molar-refractivity contribution in [3.05, 3.63) is 52.3 Å².